The number of nitrogens with one attached hydrogen (secondary N) is 1. The molecular weight excluding hydrogens is 267 g/mol. The van der Waals surface area contributed by atoms with Crippen LogP contribution in [-0.2, 0) is 6.54 Å². The molecule has 0 saturated carbocycles. The third-order valence-electron chi connectivity index (χ3n) is 2.67. The number of alkyl halides is 3. The topological polar surface area (TPSA) is 28.2 Å². The molecule has 3 nitrogen and oxygen atoms in total. The van der Waals surface area contributed by atoms with E-state index in [0.29, 0.717) is 12.4 Å². The molecule has 0 aliphatic rings. The van der Waals surface area contributed by atoms with Crippen LogP contribution in [0, 0.1) is 0 Å². The van der Waals surface area contributed by atoms with Crippen LogP contribution in [0.5, 0.6) is 0 Å². The van der Waals surface area contributed by atoms with Crippen molar-refractivity contribution in [2.24, 2.45) is 0 Å². The Morgan fingerprint density at radius 3 is 2.35 bits per heavy atom. The molecule has 6 heteroatoms. The minimum absolute atomic E-state index is 0.0614. The number of hydrogen-bond acceptors (Lipinski definition) is 3. The number of hydrogen-bond donors (Lipinski definition) is 1. The second-order valence-corrected chi connectivity index (χ2v) is 5.72. The van der Waals surface area contributed by atoms with Gasteiger partial charge in [-0.15, -0.1) is 0 Å². The van der Waals surface area contributed by atoms with Crippen molar-refractivity contribution in [3.63, 3.8) is 0 Å². The number of nitrogens with zero attached hydrogens (tertiary/aromatic N) is 2. The van der Waals surface area contributed by atoms with Gasteiger partial charge in [0, 0.05) is 18.6 Å². The molecule has 1 N–H and O–H groups in total. The molecule has 1 heterocycles. The predicted molar refractivity (Wildman–Crippen MR) is 74.8 cm³/mol. The van der Waals surface area contributed by atoms with Crippen LogP contribution in [0.25, 0.3) is 0 Å². The average molecular weight is 289 g/mol. The Hall–Kier alpha value is -1.30. The highest BCUT2D eigenvalue weighted by atomic mass is 19.4. The molecule has 0 atom stereocenters. The Morgan fingerprint density at radius 1 is 1.20 bits per heavy atom. The van der Waals surface area contributed by atoms with Crippen LogP contribution in [0.15, 0.2) is 18.2 Å². The fourth-order valence-electron chi connectivity index (χ4n) is 1.67. The second-order valence-electron chi connectivity index (χ2n) is 5.72. The zero-order chi connectivity index (χ0) is 15.4. The lowest BCUT2D eigenvalue weighted by Crippen LogP contribution is -2.36. The molecule has 1 aromatic heterocycles. The van der Waals surface area contributed by atoms with Gasteiger partial charge in [-0.1, -0.05) is 6.07 Å². The standard InChI is InChI=1S/C14H22F3N3/c1-5-20(10-14(15,16)17)12-8-6-7-11(19-12)9-18-13(2,3)4/h6-8,18H,5,9-10H2,1-4H3. The highest BCUT2D eigenvalue weighted by molar-refractivity contribution is 5.39. The fraction of sp³-hybridized carbons (Fsp3) is 0.643. The van der Waals surface area contributed by atoms with Gasteiger partial charge in [-0.2, -0.15) is 13.2 Å². The maximum absolute atomic E-state index is 12.5. The van der Waals surface area contributed by atoms with Gasteiger partial charge >= 0.3 is 6.18 Å². The average Bonchev–Trinajstić information content (AvgIpc) is 2.32. The van der Waals surface area contributed by atoms with Crippen LogP contribution in [0.4, 0.5) is 19.0 Å². The minimum atomic E-state index is -4.22. The van der Waals surface area contributed by atoms with Gasteiger partial charge in [0.05, 0.1) is 5.69 Å². The molecule has 114 valence electrons. The van der Waals surface area contributed by atoms with Crippen LogP contribution in [0.2, 0.25) is 0 Å². The summed E-state index contributed by atoms with van der Waals surface area (Å²) in [6.45, 7) is 7.58. The van der Waals surface area contributed by atoms with Crippen molar-refractivity contribution in [3.05, 3.63) is 23.9 Å². The van der Waals surface area contributed by atoms with E-state index in [0.717, 1.165) is 5.69 Å². The minimum Gasteiger partial charge on any atom is -0.348 e. The highest BCUT2D eigenvalue weighted by Crippen LogP contribution is 2.20. The monoisotopic (exact) mass is 289 g/mol. The predicted octanol–water partition coefficient (Wildman–Crippen LogP) is 3.36. The molecule has 0 spiro atoms. The first kappa shape index (κ1) is 16.8. The lowest BCUT2D eigenvalue weighted by atomic mass is 10.1. The van der Waals surface area contributed by atoms with E-state index >= 15 is 0 Å². The zero-order valence-electron chi connectivity index (χ0n) is 12.4. The molecular formula is C14H22F3N3. The van der Waals surface area contributed by atoms with E-state index < -0.39 is 12.7 Å². The smallest absolute Gasteiger partial charge is 0.348 e. The van der Waals surface area contributed by atoms with Crippen LogP contribution in [0.1, 0.15) is 33.4 Å². The summed E-state index contributed by atoms with van der Waals surface area (Å²) in [5, 5.41) is 3.27. The van der Waals surface area contributed by atoms with E-state index in [9.17, 15) is 13.2 Å². The maximum Gasteiger partial charge on any atom is 0.405 e. The Kier molecular flexibility index (Phi) is 5.39. The summed E-state index contributed by atoms with van der Waals surface area (Å²) in [6, 6.07) is 5.15. The van der Waals surface area contributed by atoms with Crippen molar-refractivity contribution in [2.45, 2.75) is 46.0 Å². The van der Waals surface area contributed by atoms with Gasteiger partial charge in [0.25, 0.3) is 0 Å². The Morgan fingerprint density at radius 2 is 1.85 bits per heavy atom. The summed E-state index contributed by atoms with van der Waals surface area (Å²) in [5.74, 6) is 0.359. The van der Waals surface area contributed by atoms with Crippen LogP contribution in [0.3, 0.4) is 0 Å². The van der Waals surface area contributed by atoms with Crippen molar-refractivity contribution in [1.82, 2.24) is 10.3 Å². The quantitative estimate of drug-likeness (QED) is 0.901. The molecule has 0 saturated heterocycles. The van der Waals surface area contributed by atoms with E-state index in [1.54, 1.807) is 19.1 Å². The molecule has 0 aliphatic heterocycles. The van der Waals surface area contributed by atoms with Crippen molar-refractivity contribution < 1.29 is 13.2 Å². The molecule has 0 unspecified atom stereocenters. The van der Waals surface area contributed by atoms with Gasteiger partial charge in [-0.05, 0) is 39.8 Å². The molecule has 1 rings (SSSR count). The van der Waals surface area contributed by atoms with E-state index in [-0.39, 0.29) is 12.1 Å². The summed E-state index contributed by atoms with van der Waals surface area (Å²) >= 11 is 0. The first-order chi connectivity index (χ1) is 9.11. The molecule has 0 aliphatic carbocycles. The van der Waals surface area contributed by atoms with Gasteiger partial charge in [-0.25, -0.2) is 4.98 Å². The zero-order valence-corrected chi connectivity index (χ0v) is 12.4. The normalized spacial score (nSPS) is 12.6. The summed E-state index contributed by atoms with van der Waals surface area (Å²) < 4.78 is 37.5. The molecule has 0 radical (unpaired) electrons. The van der Waals surface area contributed by atoms with Gasteiger partial charge in [-0.3, -0.25) is 0 Å². The van der Waals surface area contributed by atoms with Crippen LogP contribution >= 0.6 is 0 Å². The molecule has 20 heavy (non-hydrogen) atoms. The third kappa shape index (κ3) is 6.23. The molecule has 0 amide bonds. The lowest BCUT2D eigenvalue weighted by molar-refractivity contribution is -0.119. The van der Waals surface area contributed by atoms with Crippen molar-refractivity contribution >= 4 is 5.82 Å². The van der Waals surface area contributed by atoms with Gasteiger partial charge in [0.1, 0.15) is 12.4 Å². The number of halogens is 3. The number of pyridine rings is 1. The summed E-state index contributed by atoms with van der Waals surface area (Å²) in [7, 11) is 0. The number of aromatic nitrogens is 1. The number of rotatable bonds is 5. The SMILES string of the molecule is CCN(CC(F)(F)F)c1cccc(CNC(C)(C)C)n1. The second kappa shape index (κ2) is 6.43. The summed E-state index contributed by atoms with van der Waals surface area (Å²) in [4.78, 5) is 5.52. The first-order valence-corrected chi connectivity index (χ1v) is 6.63. The largest absolute Gasteiger partial charge is 0.405 e. The van der Waals surface area contributed by atoms with Crippen LogP contribution < -0.4 is 10.2 Å². The number of anilines is 1. The van der Waals surface area contributed by atoms with Gasteiger partial charge in [0.15, 0.2) is 0 Å². The maximum atomic E-state index is 12.5. The van der Waals surface area contributed by atoms with E-state index in [2.05, 4.69) is 10.3 Å². The Bertz CT molecular complexity index is 424. The van der Waals surface area contributed by atoms with Crippen LogP contribution in [-0.4, -0.2) is 29.8 Å². The van der Waals surface area contributed by atoms with Crippen molar-refractivity contribution in [3.8, 4) is 0 Å². The first-order valence-electron chi connectivity index (χ1n) is 6.63. The van der Waals surface area contributed by atoms with E-state index in [1.807, 2.05) is 26.8 Å². The van der Waals surface area contributed by atoms with E-state index in [1.165, 1.54) is 4.90 Å². The molecule has 0 aromatic carbocycles. The van der Waals surface area contributed by atoms with Gasteiger partial charge < -0.3 is 10.2 Å². The summed E-state index contributed by atoms with van der Waals surface area (Å²) in [5.41, 5.74) is 0.673. The fourth-order valence-corrected chi connectivity index (χ4v) is 1.67. The molecule has 0 fully saturated rings. The van der Waals surface area contributed by atoms with Crippen molar-refractivity contribution in [2.75, 3.05) is 18.0 Å². The highest BCUT2D eigenvalue weighted by Gasteiger charge is 2.30. The Balaban J connectivity index is 2.80. The Labute approximate surface area is 118 Å². The lowest BCUT2D eigenvalue weighted by Gasteiger charge is -2.24. The molecule has 1 aromatic rings. The third-order valence-corrected chi connectivity index (χ3v) is 2.67. The van der Waals surface area contributed by atoms with Crippen molar-refractivity contribution in [1.29, 1.82) is 0 Å². The van der Waals surface area contributed by atoms with E-state index in [4.69, 9.17) is 0 Å². The van der Waals surface area contributed by atoms with Gasteiger partial charge in [0.2, 0.25) is 0 Å². The molecule has 0 bridgehead atoms. The summed E-state index contributed by atoms with van der Waals surface area (Å²) in [6.07, 6.45) is -4.22.